The molecule has 3 nitrogen and oxygen atoms in total. The van der Waals surface area contributed by atoms with E-state index in [-0.39, 0.29) is 11.3 Å². The third-order valence-electron chi connectivity index (χ3n) is 3.46. The summed E-state index contributed by atoms with van der Waals surface area (Å²) in [6.07, 6.45) is 4.06. The summed E-state index contributed by atoms with van der Waals surface area (Å²) in [5.41, 5.74) is 6.29. The molecule has 0 aromatic heterocycles. The fourth-order valence-electron chi connectivity index (χ4n) is 2.36. The van der Waals surface area contributed by atoms with E-state index in [0.29, 0.717) is 6.54 Å². The van der Waals surface area contributed by atoms with E-state index in [9.17, 15) is 4.79 Å². The first kappa shape index (κ1) is 11.1. The van der Waals surface area contributed by atoms with E-state index in [1.807, 2.05) is 30.3 Å². The van der Waals surface area contributed by atoms with Gasteiger partial charge in [0.25, 0.3) is 0 Å². The van der Waals surface area contributed by atoms with Crippen LogP contribution in [0.25, 0.3) is 0 Å². The molecule has 1 saturated carbocycles. The Labute approximate surface area is 96.0 Å². The number of para-hydroxylation sites is 1. The highest BCUT2D eigenvalue weighted by Crippen LogP contribution is 2.38. The minimum Gasteiger partial charge on any atom is -0.329 e. The van der Waals surface area contributed by atoms with Crippen molar-refractivity contribution in [2.24, 2.45) is 11.1 Å². The highest BCUT2D eigenvalue weighted by molar-refractivity contribution is 5.95. The van der Waals surface area contributed by atoms with Crippen molar-refractivity contribution in [3.05, 3.63) is 30.3 Å². The van der Waals surface area contributed by atoms with Crippen LogP contribution >= 0.6 is 0 Å². The first-order valence-corrected chi connectivity index (χ1v) is 5.83. The van der Waals surface area contributed by atoms with E-state index >= 15 is 0 Å². The van der Waals surface area contributed by atoms with Crippen LogP contribution in [0.3, 0.4) is 0 Å². The molecular formula is C13H18N2O. The Bertz CT molecular complexity index is 355. The van der Waals surface area contributed by atoms with E-state index in [1.54, 1.807) is 0 Å². The molecule has 16 heavy (non-hydrogen) atoms. The van der Waals surface area contributed by atoms with Gasteiger partial charge in [-0.05, 0) is 25.0 Å². The quantitative estimate of drug-likeness (QED) is 0.816. The summed E-state index contributed by atoms with van der Waals surface area (Å²) in [7, 11) is 0. The lowest BCUT2D eigenvalue weighted by Gasteiger charge is -2.25. The van der Waals surface area contributed by atoms with Crippen molar-refractivity contribution in [1.29, 1.82) is 0 Å². The molecule has 1 fully saturated rings. The summed E-state index contributed by atoms with van der Waals surface area (Å²) in [5.74, 6) is 0.0821. The topological polar surface area (TPSA) is 55.1 Å². The van der Waals surface area contributed by atoms with E-state index in [1.165, 1.54) is 0 Å². The van der Waals surface area contributed by atoms with Crippen molar-refractivity contribution in [3.63, 3.8) is 0 Å². The molecule has 1 aromatic rings. The molecule has 0 aliphatic heterocycles. The second-order valence-electron chi connectivity index (χ2n) is 4.51. The minimum atomic E-state index is -0.324. The smallest absolute Gasteiger partial charge is 0.231 e. The van der Waals surface area contributed by atoms with Gasteiger partial charge in [0.1, 0.15) is 0 Å². The van der Waals surface area contributed by atoms with Gasteiger partial charge >= 0.3 is 0 Å². The molecule has 1 aliphatic rings. The van der Waals surface area contributed by atoms with Crippen LogP contribution in [0, 0.1) is 5.41 Å². The van der Waals surface area contributed by atoms with E-state index in [0.717, 1.165) is 31.4 Å². The lowest BCUT2D eigenvalue weighted by Crippen LogP contribution is -2.40. The Morgan fingerprint density at radius 2 is 1.88 bits per heavy atom. The van der Waals surface area contributed by atoms with E-state index in [2.05, 4.69) is 5.32 Å². The average Bonchev–Trinajstić information content (AvgIpc) is 2.80. The fraction of sp³-hybridized carbons (Fsp3) is 0.462. The normalized spacial score (nSPS) is 18.3. The van der Waals surface area contributed by atoms with Gasteiger partial charge in [-0.25, -0.2) is 0 Å². The van der Waals surface area contributed by atoms with Crippen LogP contribution in [0.1, 0.15) is 25.7 Å². The predicted octanol–water partition coefficient (Wildman–Crippen LogP) is 2.14. The van der Waals surface area contributed by atoms with Gasteiger partial charge in [0.05, 0.1) is 5.41 Å². The van der Waals surface area contributed by atoms with Crippen LogP contribution < -0.4 is 11.1 Å². The Kier molecular flexibility index (Phi) is 3.25. The number of hydrogen-bond donors (Lipinski definition) is 2. The molecule has 0 atom stereocenters. The molecule has 1 amide bonds. The van der Waals surface area contributed by atoms with Gasteiger partial charge in [-0.2, -0.15) is 0 Å². The molecule has 2 rings (SSSR count). The molecule has 0 unspecified atom stereocenters. The number of nitrogens with two attached hydrogens (primary N) is 1. The Hall–Kier alpha value is -1.35. The zero-order chi connectivity index (χ0) is 11.4. The molecule has 1 aliphatic carbocycles. The number of hydrogen-bond acceptors (Lipinski definition) is 2. The lowest BCUT2D eigenvalue weighted by atomic mass is 9.85. The molecular weight excluding hydrogens is 200 g/mol. The molecule has 0 bridgehead atoms. The van der Waals surface area contributed by atoms with Gasteiger partial charge in [0.2, 0.25) is 5.91 Å². The standard InChI is InChI=1S/C13H18N2O/c14-10-13(8-4-5-9-13)12(16)15-11-6-2-1-3-7-11/h1-3,6-7H,4-5,8-10,14H2,(H,15,16). The monoisotopic (exact) mass is 218 g/mol. The maximum atomic E-state index is 12.2. The van der Waals surface area contributed by atoms with Crippen molar-refractivity contribution in [1.82, 2.24) is 0 Å². The highest BCUT2D eigenvalue weighted by atomic mass is 16.2. The van der Waals surface area contributed by atoms with Crippen LogP contribution in [-0.4, -0.2) is 12.5 Å². The molecule has 1 aromatic carbocycles. The molecule has 0 saturated heterocycles. The molecule has 3 N–H and O–H groups in total. The summed E-state index contributed by atoms with van der Waals surface area (Å²) in [4.78, 5) is 12.2. The van der Waals surface area contributed by atoms with Crippen LogP contribution in [0.2, 0.25) is 0 Å². The third-order valence-corrected chi connectivity index (χ3v) is 3.46. The first-order chi connectivity index (χ1) is 7.77. The zero-order valence-corrected chi connectivity index (χ0v) is 9.41. The lowest BCUT2D eigenvalue weighted by molar-refractivity contribution is -0.124. The van der Waals surface area contributed by atoms with E-state index < -0.39 is 0 Å². The molecule has 0 radical (unpaired) electrons. The van der Waals surface area contributed by atoms with Crippen LogP contribution in [-0.2, 0) is 4.79 Å². The fourth-order valence-corrected chi connectivity index (χ4v) is 2.36. The van der Waals surface area contributed by atoms with Crippen molar-refractivity contribution >= 4 is 11.6 Å². The SMILES string of the molecule is NCC1(C(=O)Nc2ccccc2)CCCC1. The molecule has 3 heteroatoms. The summed E-state index contributed by atoms with van der Waals surface area (Å²) >= 11 is 0. The zero-order valence-electron chi connectivity index (χ0n) is 9.41. The Morgan fingerprint density at radius 3 is 2.44 bits per heavy atom. The predicted molar refractivity (Wildman–Crippen MR) is 65.0 cm³/mol. The molecule has 0 heterocycles. The Morgan fingerprint density at radius 1 is 1.25 bits per heavy atom. The number of carbonyl (C=O) groups is 1. The largest absolute Gasteiger partial charge is 0.329 e. The highest BCUT2D eigenvalue weighted by Gasteiger charge is 2.39. The van der Waals surface area contributed by atoms with Crippen molar-refractivity contribution in [2.75, 3.05) is 11.9 Å². The van der Waals surface area contributed by atoms with Gasteiger partial charge in [0.15, 0.2) is 0 Å². The molecule has 0 spiro atoms. The first-order valence-electron chi connectivity index (χ1n) is 5.83. The maximum Gasteiger partial charge on any atom is 0.231 e. The Balaban J connectivity index is 2.07. The summed E-state index contributed by atoms with van der Waals surface area (Å²) in [6.45, 7) is 0.450. The second kappa shape index (κ2) is 4.66. The maximum absolute atomic E-state index is 12.2. The molecule has 86 valence electrons. The third kappa shape index (κ3) is 2.09. The minimum absolute atomic E-state index is 0.0821. The summed E-state index contributed by atoms with van der Waals surface area (Å²) < 4.78 is 0. The van der Waals surface area contributed by atoms with Crippen LogP contribution in [0.4, 0.5) is 5.69 Å². The number of amides is 1. The summed E-state index contributed by atoms with van der Waals surface area (Å²) in [6, 6.07) is 9.57. The van der Waals surface area contributed by atoms with Gasteiger partial charge < -0.3 is 11.1 Å². The van der Waals surface area contributed by atoms with Crippen LogP contribution in [0.5, 0.6) is 0 Å². The number of carbonyl (C=O) groups excluding carboxylic acids is 1. The van der Waals surface area contributed by atoms with Crippen molar-refractivity contribution in [3.8, 4) is 0 Å². The second-order valence-corrected chi connectivity index (χ2v) is 4.51. The van der Waals surface area contributed by atoms with Crippen molar-refractivity contribution in [2.45, 2.75) is 25.7 Å². The number of nitrogens with one attached hydrogen (secondary N) is 1. The van der Waals surface area contributed by atoms with Gasteiger partial charge in [-0.15, -0.1) is 0 Å². The number of anilines is 1. The van der Waals surface area contributed by atoms with Crippen LogP contribution in [0.15, 0.2) is 30.3 Å². The van der Waals surface area contributed by atoms with Gasteiger partial charge in [-0.1, -0.05) is 31.0 Å². The summed E-state index contributed by atoms with van der Waals surface area (Å²) in [5, 5.41) is 2.96. The van der Waals surface area contributed by atoms with Gasteiger partial charge in [0, 0.05) is 12.2 Å². The number of benzene rings is 1. The van der Waals surface area contributed by atoms with Crippen molar-refractivity contribution < 1.29 is 4.79 Å². The number of rotatable bonds is 3. The average molecular weight is 218 g/mol. The van der Waals surface area contributed by atoms with E-state index in [4.69, 9.17) is 5.73 Å². The van der Waals surface area contributed by atoms with Gasteiger partial charge in [-0.3, -0.25) is 4.79 Å².